The molecule has 0 amide bonds. The number of hydrogen-bond donors (Lipinski definition) is 2. The number of anilines is 1. The Bertz CT molecular complexity index is 452. The highest BCUT2D eigenvalue weighted by Gasteiger charge is 2.39. The second-order valence-electron chi connectivity index (χ2n) is 5.68. The maximum Gasteiger partial charge on any atom is 0.146 e. The van der Waals surface area contributed by atoms with E-state index in [1.54, 1.807) is 19.2 Å². The Kier molecular flexibility index (Phi) is 4.86. The molecule has 1 aromatic carbocycles. The molecule has 1 aliphatic carbocycles. The SMILES string of the molecule is CCC1CCCCC1(CN)Nc1cc(OC)ccc1F. The van der Waals surface area contributed by atoms with E-state index >= 15 is 0 Å². The van der Waals surface area contributed by atoms with Gasteiger partial charge in [-0.15, -0.1) is 0 Å². The molecule has 0 spiro atoms. The minimum atomic E-state index is -0.251. The van der Waals surface area contributed by atoms with Crippen LogP contribution in [0.15, 0.2) is 18.2 Å². The van der Waals surface area contributed by atoms with E-state index in [4.69, 9.17) is 10.5 Å². The van der Waals surface area contributed by atoms with Crippen LogP contribution < -0.4 is 15.8 Å². The van der Waals surface area contributed by atoms with Crippen molar-refractivity contribution in [2.75, 3.05) is 19.0 Å². The number of nitrogens with one attached hydrogen (secondary N) is 1. The van der Waals surface area contributed by atoms with Gasteiger partial charge in [0.15, 0.2) is 0 Å². The zero-order chi connectivity index (χ0) is 14.6. The molecule has 1 saturated carbocycles. The van der Waals surface area contributed by atoms with Crippen LogP contribution in [-0.4, -0.2) is 19.2 Å². The molecule has 0 aliphatic heterocycles. The number of rotatable bonds is 5. The average Bonchev–Trinajstić information content (AvgIpc) is 2.49. The molecule has 0 bridgehead atoms. The van der Waals surface area contributed by atoms with Crippen LogP contribution in [-0.2, 0) is 0 Å². The molecule has 2 unspecified atom stereocenters. The van der Waals surface area contributed by atoms with E-state index in [0.717, 1.165) is 25.7 Å². The van der Waals surface area contributed by atoms with Gasteiger partial charge in [-0.2, -0.15) is 0 Å². The largest absolute Gasteiger partial charge is 0.497 e. The first-order chi connectivity index (χ1) is 9.65. The predicted molar refractivity (Wildman–Crippen MR) is 80.6 cm³/mol. The summed E-state index contributed by atoms with van der Waals surface area (Å²) >= 11 is 0. The minimum absolute atomic E-state index is 0.194. The zero-order valence-electron chi connectivity index (χ0n) is 12.4. The highest BCUT2D eigenvalue weighted by Crippen LogP contribution is 2.38. The van der Waals surface area contributed by atoms with Gasteiger partial charge in [-0.3, -0.25) is 0 Å². The lowest BCUT2D eigenvalue weighted by molar-refractivity contribution is 0.211. The molecule has 0 heterocycles. The molecule has 4 heteroatoms. The Morgan fingerprint density at radius 2 is 2.25 bits per heavy atom. The summed E-state index contributed by atoms with van der Waals surface area (Å²) in [6.45, 7) is 2.71. The highest BCUT2D eigenvalue weighted by atomic mass is 19.1. The molecule has 0 radical (unpaired) electrons. The van der Waals surface area contributed by atoms with Gasteiger partial charge in [-0.1, -0.05) is 26.2 Å². The molecule has 3 nitrogen and oxygen atoms in total. The smallest absolute Gasteiger partial charge is 0.146 e. The van der Waals surface area contributed by atoms with E-state index in [0.29, 0.717) is 23.9 Å². The summed E-state index contributed by atoms with van der Waals surface area (Å²) in [6, 6.07) is 4.79. The van der Waals surface area contributed by atoms with Gasteiger partial charge in [0.2, 0.25) is 0 Å². The number of halogens is 1. The van der Waals surface area contributed by atoms with Gasteiger partial charge < -0.3 is 15.8 Å². The summed E-state index contributed by atoms with van der Waals surface area (Å²) in [5.74, 6) is 0.899. The zero-order valence-corrected chi connectivity index (χ0v) is 12.4. The van der Waals surface area contributed by atoms with Crippen LogP contribution in [0, 0.1) is 11.7 Å². The average molecular weight is 280 g/mol. The Morgan fingerprint density at radius 3 is 2.90 bits per heavy atom. The summed E-state index contributed by atoms with van der Waals surface area (Å²) in [6.07, 6.45) is 5.61. The first-order valence-corrected chi connectivity index (χ1v) is 7.47. The molecule has 2 rings (SSSR count). The highest BCUT2D eigenvalue weighted by molar-refractivity contribution is 5.52. The second kappa shape index (κ2) is 6.44. The molecule has 2 atom stereocenters. The summed E-state index contributed by atoms with van der Waals surface area (Å²) in [4.78, 5) is 0. The van der Waals surface area contributed by atoms with Gasteiger partial charge in [0.1, 0.15) is 11.6 Å². The normalized spacial score (nSPS) is 26.3. The third kappa shape index (κ3) is 2.90. The van der Waals surface area contributed by atoms with Gasteiger partial charge in [0, 0.05) is 12.6 Å². The van der Waals surface area contributed by atoms with Crippen molar-refractivity contribution in [3.8, 4) is 5.75 Å². The van der Waals surface area contributed by atoms with Crippen molar-refractivity contribution in [1.82, 2.24) is 0 Å². The monoisotopic (exact) mass is 280 g/mol. The number of ether oxygens (including phenoxy) is 1. The van der Waals surface area contributed by atoms with Crippen LogP contribution in [0.1, 0.15) is 39.0 Å². The van der Waals surface area contributed by atoms with Crippen molar-refractivity contribution in [3.63, 3.8) is 0 Å². The standard InChI is InChI=1S/C16H25FN2O/c1-3-12-6-4-5-9-16(12,11-18)19-15-10-13(20-2)7-8-14(15)17/h7-8,10,12,19H,3-6,9,11,18H2,1-2H3. The summed E-state index contributed by atoms with van der Waals surface area (Å²) in [5.41, 5.74) is 6.36. The van der Waals surface area contributed by atoms with E-state index in [2.05, 4.69) is 12.2 Å². The van der Waals surface area contributed by atoms with E-state index in [9.17, 15) is 4.39 Å². The lowest BCUT2D eigenvalue weighted by Crippen LogP contribution is -2.53. The van der Waals surface area contributed by atoms with Gasteiger partial charge in [0.05, 0.1) is 18.3 Å². The van der Waals surface area contributed by atoms with Crippen LogP contribution >= 0.6 is 0 Å². The second-order valence-corrected chi connectivity index (χ2v) is 5.68. The van der Waals surface area contributed by atoms with Gasteiger partial charge in [-0.05, 0) is 30.9 Å². The first kappa shape index (κ1) is 15.1. The Hall–Kier alpha value is -1.29. The molecule has 0 saturated heterocycles. The quantitative estimate of drug-likeness (QED) is 0.867. The molecular weight excluding hydrogens is 255 g/mol. The minimum Gasteiger partial charge on any atom is -0.497 e. The molecule has 0 aromatic heterocycles. The van der Waals surface area contributed by atoms with Crippen LogP contribution in [0.3, 0.4) is 0 Å². The predicted octanol–water partition coefficient (Wildman–Crippen LogP) is 3.54. The van der Waals surface area contributed by atoms with Crippen LogP contribution in [0.2, 0.25) is 0 Å². The van der Waals surface area contributed by atoms with Gasteiger partial charge >= 0.3 is 0 Å². The van der Waals surface area contributed by atoms with Crippen molar-refractivity contribution in [2.24, 2.45) is 11.7 Å². The van der Waals surface area contributed by atoms with Crippen LogP contribution in [0.25, 0.3) is 0 Å². The Labute approximate surface area is 120 Å². The maximum absolute atomic E-state index is 14.0. The fourth-order valence-corrected chi connectivity index (χ4v) is 3.39. The fraction of sp³-hybridized carbons (Fsp3) is 0.625. The third-order valence-corrected chi connectivity index (χ3v) is 4.62. The summed E-state index contributed by atoms with van der Waals surface area (Å²) < 4.78 is 19.2. The van der Waals surface area contributed by atoms with Crippen molar-refractivity contribution >= 4 is 5.69 Å². The number of hydrogen-bond acceptors (Lipinski definition) is 3. The molecule has 20 heavy (non-hydrogen) atoms. The molecule has 112 valence electrons. The van der Waals surface area contributed by atoms with Crippen molar-refractivity contribution < 1.29 is 9.13 Å². The Balaban J connectivity index is 2.28. The molecule has 1 aromatic rings. The lowest BCUT2D eigenvalue weighted by atomic mass is 9.71. The maximum atomic E-state index is 14.0. The third-order valence-electron chi connectivity index (χ3n) is 4.62. The number of nitrogens with two attached hydrogens (primary N) is 1. The van der Waals surface area contributed by atoms with Crippen molar-refractivity contribution in [2.45, 2.75) is 44.6 Å². The van der Waals surface area contributed by atoms with Gasteiger partial charge in [0.25, 0.3) is 0 Å². The first-order valence-electron chi connectivity index (χ1n) is 7.47. The lowest BCUT2D eigenvalue weighted by Gasteiger charge is -2.44. The van der Waals surface area contributed by atoms with Crippen LogP contribution in [0.5, 0.6) is 5.75 Å². The van der Waals surface area contributed by atoms with E-state index < -0.39 is 0 Å². The molecular formula is C16H25FN2O. The summed E-state index contributed by atoms with van der Waals surface area (Å²) in [5, 5.41) is 3.41. The van der Waals surface area contributed by atoms with Gasteiger partial charge in [-0.25, -0.2) is 4.39 Å². The molecule has 1 fully saturated rings. The molecule has 1 aliphatic rings. The summed E-state index contributed by atoms with van der Waals surface area (Å²) in [7, 11) is 1.59. The Morgan fingerprint density at radius 1 is 1.45 bits per heavy atom. The van der Waals surface area contributed by atoms with E-state index in [1.165, 1.54) is 12.5 Å². The van der Waals surface area contributed by atoms with Crippen LogP contribution in [0.4, 0.5) is 10.1 Å². The van der Waals surface area contributed by atoms with E-state index in [1.807, 2.05) is 0 Å². The molecule has 3 N–H and O–H groups in total. The topological polar surface area (TPSA) is 47.3 Å². The number of benzene rings is 1. The van der Waals surface area contributed by atoms with Crippen molar-refractivity contribution in [1.29, 1.82) is 0 Å². The van der Waals surface area contributed by atoms with Crippen molar-refractivity contribution in [3.05, 3.63) is 24.0 Å². The van der Waals surface area contributed by atoms with E-state index in [-0.39, 0.29) is 11.4 Å². The number of methoxy groups -OCH3 is 1. The fourth-order valence-electron chi connectivity index (χ4n) is 3.39.